The fraction of sp³-hybridized carbons (Fsp3) is 0.556. The van der Waals surface area contributed by atoms with Crippen LogP contribution in [0.2, 0.25) is 0 Å². The molecule has 0 aromatic carbocycles. The standard InChI is InChI=1S/C9H15N5O2/c1-3-6(4-2)13-9-7(14(15)16)8(10)11-5-12-9/h5-6H,3-4H2,1-2H3,(H3,10,11,12,13). The maximum absolute atomic E-state index is 10.8. The quantitative estimate of drug-likeness (QED) is 0.581. The fourth-order valence-corrected chi connectivity index (χ4v) is 1.36. The van der Waals surface area contributed by atoms with E-state index in [1.807, 2.05) is 13.8 Å². The average Bonchev–Trinajstić information content (AvgIpc) is 2.25. The van der Waals surface area contributed by atoms with Crippen molar-refractivity contribution in [3.63, 3.8) is 0 Å². The highest BCUT2D eigenvalue weighted by Crippen LogP contribution is 2.27. The van der Waals surface area contributed by atoms with Crippen molar-refractivity contribution in [1.29, 1.82) is 0 Å². The van der Waals surface area contributed by atoms with Crippen molar-refractivity contribution in [1.82, 2.24) is 9.97 Å². The molecule has 0 amide bonds. The minimum atomic E-state index is -0.569. The van der Waals surface area contributed by atoms with E-state index in [4.69, 9.17) is 5.73 Å². The molecule has 88 valence electrons. The van der Waals surface area contributed by atoms with Gasteiger partial charge in [0, 0.05) is 6.04 Å². The van der Waals surface area contributed by atoms with E-state index in [9.17, 15) is 10.1 Å². The molecular formula is C9H15N5O2. The van der Waals surface area contributed by atoms with E-state index in [1.54, 1.807) is 0 Å². The molecule has 0 unspecified atom stereocenters. The molecule has 7 nitrogen and oxygen atoms in total. The second-order valence-electron chi connectivity index (χ2n) is 3.37. The molecule has 0 radical (unpaired) electrons. The number of aromatic nitrogens is 2. The van der Waals surface area contributed by atoms with E-state index in [0.29, 0.717) is 0 Å². The van der Waals surface area contributed by atoms with Gasteiger partial charge in [-0.3, -0.25) is 10.1 Å². The van der Waals surface area contributed by atoms with Crippen LogP contribution in [0.25, 0.3) is 0 Å². The number of hydrogen-bond donors (Lipinski definition) is 2. The summed E-state index contributed by atoms with van der Waals surface area (Å²) in [7, 11) is 0. The second kappa shape index (κ2) is 5.24. The molecule has 16 heavy (non-hydrogen) atoms. The van der Waals surface area contributed by atoms with Crippen LogP contribution in [0.4, 0.5) is 17.3 Å². The Labute approximate surface area is 93.2 Å². The number of rotatable bonds is 5. The first-order valence-electron chi connectivity index (χ1n) is 5.11. The van der Waals surface area contributed by atoms with Gasteiger partial charge >= 0.3 is 5.69 Å². The van der Waals surface area contributed by atoms with Gasteiger partial charge in [-0.1, -0.05) is 13.8 Å². The first-order valence-corrected chi connectivity index (χ1v) is 5.11. The molecule has 0 aliphatic carbocycles. The van der Waals surface area contributed by atoms with Crippen molar-refractivity contribution in [3.05, 3.63) is 16.4 Å². The highest BCUT2D eigenvalue weighted by molar-refractivity contribution is 5.67. The topological polar surface area (TPSA) is 107 Å². The Morgan fingerprint density at radius 2 is 2.12 bits per heavy atom. The second-order valence-corrected chi connectivity index (χ2v) is 3.37. The zero-order valence-electron chi connectivity index (χ0n) is 9.30. The lowest BCUT2D eigenvalue weighted by Gasteiger charge is -2.15. The molecule has 1 aromatic rings. The Kier molecular flexibility index (Phi) is 3.98. The molecular weight excluding hydrogens is 210 g/mol. The van der Waals surface area contributed by atoms with Crippen molar-refractivity contribution < 1.29 is 4.92 Å². The van der Waals surface area contributed by atoms with E-state index < -0.39 is 4.92 Å². The summed E-state index contributed by atoms with van der Waals surface area (Å²) in [6.45, 7) is 4.00. The molecule has 0 spiro atoms. The maximum atomic E-state index is 10.8. The van der Waals surface area contributed by atoms with Crippen LogP contribution >= 0.6 is 0 Å². The molecule has 1 aromatic heterocycles. The lowest BCUT2D eigenvalue weighted by atomic mass is 10.2. The van der Waals surface area contributed by atoms with Crippen LogP contribution in [-0.2, 0) is 0 Å². The number of nitrogen functional groups attached to an aromatic ring is 1. The third-order valence-corrected chi connectivity index (χ3v) is 2.36. The van der Waals surface area contributed by atoms with Crippen molar-refractivity contribution in [2.75, 3.05) is 11.1 Å². The molecule has 1 rings (SSSR count). The lowest BCUT2D eigenvalue weighted by molar-refractivity contribution is -0.383. The van der Waals surface area contributed by atoms with Crippen molar-refractivity contribution in [3.8, 4) is 0 Å². The zero-order valence-corrected chi connectivity index (χ0v) is 9.30. The molecule has 0 atom stereocenters. The van der Waals surface area contributed by atoms with Crippen LogP contribution in [0.3, 0.4) is 0 Å². The van der Waals surface area contributed by atoms with Gasteiger partial charge in [-0.25, -0.2) is 9.97 Å². The Balaban J connectivity index is 3.03. The van der Waals surface area contributed by atoms with Crippen LogP contribution in [-0.4, -0.2) is 20.9 Å². The third kappa shape index (κ3) is 2.56. The van der Waals surface area contributed by atoms with E-state index >= 15 is 0 Å². The molecule has 0 saturated carbocycles. The molecule has 0 aliphatic heterocycles. The largest absolute Gasteiger partial charge is 0.378 e. The summed E-state index contributed by atoms with van der Waals surface area (Å²) in [6.07, 6.45) is 2.93. The van der Waals surface area contributed by atoms with Gasteiger partial charge in [-0.2, -0.15) is 0 Å². The molecule has 1 heterocycles. The zero-order chi connectivity index (χ0) is 12.1. The molecule has 7 heteroatoms. The summed E-state index contributed by atoms with van der Waals surface area (Å²) in [5.74, 6) is 0.0691. The summed E-state index contributed by atoms with van der Waals surface area (Å²) >= 11 is 0. The minimum Gasteiger partial charge on any atom is -0.378 e. The average molecular weight is 225 g/mol. The van der Waals surface area contributed by atoms with Gasteiger partial charge in [-0.15, -0.1) is 0 Å². The van der Waals surface area contributed by atoms with E-state index in [-0.39, 0.29) is 23.4 Å². The predicted octanol–water partition coefficient (Wildman–Crippen LogP) is 1.57. The van der Waals surface area contributed by atoms with Gasteiger partial charge in [0.25, 0.3) is 0 Å². The van der Waals surface area contributed by atoms with Crippen LogP contribution in [0.1, 0.15) is 26.7 Å². The predicted molar refractivity (Wildman–Crippen MR) is 61.1 cm³/mol. The minimum absolute atomic E-state index is 0.117. The summed E-state index contributed by atoms with van der Waals surface area (Å²) < 4.78 is 0. The Morgan fingerprint density at radius 1 is 1.50 bits per heavy atom. The molecule has 0 bridgehead atoms. The Bertz CT molecular complexity index is 378. The summed E-state index contributed by atoms with van der Waals surface area (Å²) in [4.78, 5) is 17.7. The SMILES string of the molecule is CCC(CC)Nc1ncnc(N)c1[N+](=O)[O-]. The van der Waals surface area contributed by atoms with Gasteiger partial charge in [-0.05, 0) is 12.8 Å². The molecule has 0 aliphatic rings. The Morgan fingerprint density at radius 3 is 2.62 bits per heavy atom. The van der Waals surface area contributed by atoms with Crippen molar-refractivity contribution in [2.24, 2.45) is 0 Å². The Hall–Kier alpha value is -1.92. The van der Waals surface area contributed by atoms with Gasteiger partial charge in [0.1, 0.15) is 6.33 Å². The fourth-order valence-electron chi connectivity index (χ4n) is 1.36. The van der Waals surface area contributed by atoms with Gasteiger partial charge in [0.15, 0.2) is 0 Å². The van der Waals surface area contributed by atoms with Gasteiger partial charge < -0.3 is 11.1 Å². The number of hydrogen-bond acceptors (Lipinski definition) is 6. The summed E-state index contributed by atoms with van der Waals surface area (Å²) in [5.41, 5.74) is 5.19. The van der Waals surface area contributed by atoms with E-state index in [2.05, 4.69) is 15.3 Å². The van der Waals surface area contributed by atoms with Crippen LogP contribution in [0.15, 0.2) is 6.33 Å². The number of nitrogens with zero attached hydrogens (tertiary/aromatic N) is 3. The highest BCUT2D eigenvalue weighted by Gasteiger charge is 2.21. The molecule has 3 N–H and O–H groups in total. The number of nitrogens with one attached hydrogen (secondary N) is 1. The normalized spacial score (nSPS) is 10.4. The maximum Gasteiger partial charge on any atom is 0.352 e. The molecule has 0 saturated heterocycles. The first kappa shape index (κ1) is 12.2. The van der Waals surface area contributed by atoms with Crippen LogP contribution in [0, 0.1) is 10.1 Å². The third-order valence-electron chi connectivity index (χ3n) is 2.36. The number of nitrogens with two attached hydrogens (primary N) is 1. The van der Waals surface area contributed by atoms with E-state index in [0.717, 1.165) is 12.8 Å². The van der Waals surface area contributed by atoms with Gasteiger partial charge in [0.05, 0.1) is 4.92 Å². The highest BCUT2D eigenvalue weighted by atomic mass is 16.6. The van der Waals surface area contributed by atoms with Crippen LogP contribution < -0.4 is 11.1 Å². The van der Waals surface area contributed by atoms with E-state index in [1.165, 1.54) is 6.33 Å². The molecule has 0 fully saturated rings. The summed E-state index contributed by atoms with van der Waals surface area (Å²) in [6, 6.07) is 0.146. The van der Waals surface area contributed by atoms with Crippen LogP contribution in [0.5, 0.6) is 0 Å². The van der Waals surface area contributed by atoms with Crippen molar-refractivity contribution >= 4 is 17.3 Å². The monoisotopic (exact) mass is 225 g/mol. The van der Waals surface area contributed by atoms with Crippen molar-refractivity contribution in [2.45, 2.75) is 32.7 Å². The first-order chi connectivity index (χ1) is 7.60. The number of anilines is 2. The number of nitro groups is 1. The lowest BCUT2D eigenvalue weighted by Crippen LogP contribution is -2.19. The summed E-state index contributed by atoms with van der Waals surface area (Å²) in [5, 5.41) is 13.8. The van der Waals surface area contributed by atoms with Gasteiger partial charge in [0.2, 0.25) is 11.6 Å². The smallest absolute Gasteiger partial charge is 0.352 e.